The number of amides is 1. The second-order valence-electron chi connectivity index (χ2n) is 4.44. The first-order valence-corrected chi connectivity index (χ1v) is 6.02. The number of hydrogen-bond acceptors (Lipinski definition) is 1. The van der Waals surface area contributed by atoms with E-state index in [1.807, 2.05) is 27.0 Å². The van der Waals surface area contributed by atoms with Crippen molar-refractivity contribution in [2.75, 3.05) is 7.05 Å². The highest BCUT2D eigenvalue weighted by atomic mass is 16.2. The summed E-state index contributed by atoms with van der Waals surface area (Å²) in [7, 11) is 1.84. The molecule has 0 bridgehead atoms. The standard InChI is InChI=1S/C15H21NO/c1-5-6-13(3)15(17)16(4)11-14-9-7-12(2)8-10-14/h6-10H,5,11H2,1-4H3. The molecule has 17 heavy (non-hydrogen) atoms. The van der Waals surface area contributed by atoms with Crippen molar-refractivity contribution in [3.05, 3.63) is 47.0 Å². The van der Waals surface area contributed by atoms with Gasteiger partial charge < -0.3 is 4.90 Å². The minimum Gasteiger partial charge on any atom is -0.338 e. The third kappa shape index (κ3) is 4.06. The van der Waals surface area contributed by atoms with Gasteiger partial charge in [0.05, 0.1) is 0 Å². The molecule has 0 heterocycles. The number of hydrogen-bond donors (Lipinski definition) is 0. The van der Waals surface area contributed by atoms with Crippen LogP contribution in [0.25, 0.3) is 0 Å². The van der Waals surface area contributed by atoms with E-state index < -0.39 is 0 Å². The Labute approximate surface area is 104 Å². The zero-order valence-electron chi connectivity index (χ0n) is 11.2. The first-order chi connectivity index (χ1) is 8.04. The second kappa shape index (κ2) is 6.24. The number of likely N-dealkylation sites (N-methyl/N-ethyl adjacent to an activating group) is 1. The number of allylic oxidation sites excluding steroid dienone is 1. The minimum absolute atomic E-state index is 0.104. The van der Waals surface area contributed by atoms with E-state index in [-0.39, 0.29) is 5.91 Å². The van der Waals surface area contributed by atoms with Crippen molar-refractivity contribution in [3.63, 3.8) is 0 Å². The van der Waals surface area contributed by atoms with E-state index in [0.29, 0.717) is 6.54 Å². The molecule has 92 valence electrons. The van der Waals surface area contributed by atoms with Crippen molar-refractivity contribution < 1.29 is 4.79 Å². The zero-order chi connectivity index (χ0) is 12.8. The van der Waals surface area contributed by atoms with Crippen molar-refractivity contribution >= 4 is 5.91 Å². The molecule has 2 heteroatoms. The van der Waals surface area contributed by atoms with Gasteiger partial charge in [-0.15, -0.1) is 0 Å². The van der Waals surface area contributed by atoms with Crippen LogP contribution in [0, 0.1) is 6.92 Å². The Balaban J connectivity index is 2.66. The lowest BCUT2D eigenvalue weighted by Gasteiger charge is -2.17. The lowest BCUT2D eigenvalue weighted by atomic mass is 10.1. The van der Waals surface area contributed by atoms with Gasteiger partial charge >= 0.3 is 0 Å². The van der Waals surface area contributed by atoms with Gasteiger partial charge in [0.15, 0.2) is 0 Å². The molecule has 1 amide bonds. The largest absolute Gasteiger partial charge is 0.338 e. The Hall–Kier alpha value is -1.57. The highest BCUT2D eigenvalue weighted by Crippen LogP contribution is 2.08. The second-order valence-corrected chi connectivity index (χ2v) is 4.44. The SMILES string of the molecule is CCC=C(C)C(=O)N(C)Cc1ccc(C)cc1. The molecule has 0 radical (unpaired) electrons. The van der Waals surface area contributed by atoms with Gasteiger partial charge in [-0.2, -0.15) is 0 Å². The van der Waals surface area contributed by atoms with E-state index in [1.165, 1.54) is 5.56 Å². The number of carbonyl (C=O) groups is 1. The molecule has 0 unspecified atom stereocenters. The van der Waals surface area contributed by atoms with Crippen molar-refractivity contribution in [3.8, 4) is 0 Å². The Kier molecular flexibility index (Phi) is 4.95. The molecule has 0 saturated carbocycles. The van der Waals surface area contributed by atoms with E-state index in [4.69, 9.17) is 0 Å². The van der Waals surface area contributed by atoms with E-state index in [0.717, 1.165) is 17.6 Å². The van der Waals surface area contributed by atoms with Crippen molar-refractivity contribution in [2.24, 2.45) is 0 Å². The summed E-state index contributed by atoms with van der Waals surface area (Å²) in [5.41, 5.74) is 3.22. The fraction of sp³-hybridized carbons (Fsp3) is 0.400. The zero-order valence-corrected chi connectivity index (χ0v) is 11.2. The Morgan fingerprint density at radius 1 is 1.29 bits per heavy atom. The van der Waals surface area contributed by atoms with Gasteiger partial charge in [0.2, 0.25) is 5.91 Å². The quantitative estimate of drug-likeness (QED) is 0.728. The van der Waals surface area contributed by atoms with E-state index in [9.17, 15) is 4.79 Å². The molecule has 1 aromatic carbocycles. The van der Waals surface area contributed by atoms with Gasteiger partial charge in [-0.1, -0.05) is 42.8 Å². The molecule has 0 saturated heterocycles. The number of carbonyl (C=O) groups excluding carboxylic acids is 1. The van der Waals surface area contributed by atoms with Gasteiger partial charge in [0.1, 0.15) is 0 Å². The molecular formula is C15H21NO. The van der Waals surface area contributed by atoms with Crippen LogP contribution in [0.2, 0.25) is 0 Å². The average Bonchev–Trinajstić information content (AvgIpc) is 2.31. The summed E-state index contributed by atoms with van der Waals surface area (Å²) in [6.07, 6.45) is 2.86. The molecule has 1 rings (SSSR count). The fourth-order valence-electron chi connectivity index (χ4n) is 1.73. The molecule has 1 aromatic rings. The van der Waals surface area contributed by atoms with Crippen LogP contribution in [-0.4, -0.2) is 17.9 Å². The van der Waals surface area contributed by atoms with Crippen molar-refractivity contribution in [1.82, 2.24) is 4.90 Å². The van der Waals surface area contributed by atoms with E-state index in [2.05, 4.69) is 31.2 Å². The summed E-state index contributed by atoms with van der Waals surface area (Å²) in [6, 6.07) is 8.28. The van der Waals surface area contributed by atoms with Crippen LogP contribution < -0.4 is 0 Å². The summed E-state index contributed by atoms with van der Waals surface area (Å²) in [4.78, 5) is 13.7. The number of benzene rings is 1. The number of rotatable bonds is 4. The van der Waals surface area contributed by atoms with Crippen LogP contribution in [0.3, 0.4) is 0 Å². The van der Waals surface area contributed by atoms with Crippen molar-refractivity contribution in [1.29, 1.82) is 0 Å². The molecule has 0 aliphatic carbocycles. The van der Waals surface area contributed by atoms with Crippen LogP contribution in [0.4, 0.5) is 0 Å². The smallest absolute Gasteiger partial charge is 0.249 e. The molecule has 0 atom stereocenters. The van der Waals surface area contributed by atoms with Crippen molar-refractivity contribution in [2.45, 2.75) is 33.7 Å². The maximum Gasteiger partial charge on any atom is 0.249 e. The third-order valence-corrected chi connectivity index (χ3v) is 2.73. The van der Waals surface area contributed by atoms with Gasteiger partial charge in [-0.3, -0.25) is 4.79 Å². The fourth-order valence-corrected chi connectivity index (χ4v) is 1.73. The topological polar surface area (TPSA) is 20.3 Å². The molecule has 0 aliphatic heterocycles. The molecule has 0 aliphatic rings. The lowest BCUT2D eigenvalue weighted by Crippen LogP contribution is -2.26. The monoisotopic (exact) mass is 231 g/mol. The highest BCUT2D eigenvalue weighted by molar-refractivity contribution is 5.92. The lowest BCUT2D eigenvalue weighted by molar-refractivity contribution is -0.126. The summed E-state index contributed by atoms with van der Waals surface area (Å²) < 4.78 is 0. The Morgan fingerprint density at radius 3 is 2.41 bits per heavy atom. The number of nitrogens with zero attached hydrogens (tertiary/aromatic N) is 1. The Bertz CT molecular complexity index is 403. The van der Waals surface area contributed by atoms with Gasteiger partial charge in [-0.25, -0.2) is 0 Å². The van der Waals surface area contributed by atoms with Crippen LogP contribution in [-0.2, 0) is 11.3 Å². The predicted octanol–water partition coefficient (Wildman–Crippen LogP) is 3.31. The third-order valence-electron chi connectivity index (χ3n) is 2.73. The summed E-state index contributed by atoms with van der Waals surface area (Å²) >= 11 is 0. The minimum atomic E-state index is 0.104. The van der Waals surface area contributed by atoms with E-state index in [1.54, 1.807) is 4.90 Å². The van der Waals surface area contributed by atoms with Gasteiger partial charge in [0.25, 0.3) is 0 Å². The first-order valence-electron chi connectivity index (χ1n) is 6.02. The van der Waals surface area contributed by atoms with Crippen LogP contribution in [0.15, 0.2) is 35.9 Å². The maximum absolute atomic E-state index is 12.0. The molecule has 0 fully saturated rings. The van der Waals surface area contributed by atoms with E-state index >= 15 is 0 Å². The summed E-state index contributed by atoms with van der Waals surface area (Å²) in [5.74, 6) is 0.104. The summed E-state index contributed by atoms with van der Waals surface area (Å²) in [6.45, 7) is 6.63. The van der Waals surface area contributed by atoms with Crippen LogP contribution in [0.1, 0.15) is 31.4 Å². The van der Waals surface area contributed by atoms with Crippen LogP contribution >= 0.6 is 0 Å². The Morgan fingerprint density at radius 2 is 1.88 bits per heavy atom. The molecule has 0 N–H and O–H groups in total. The molecular weight excluding hydrogens is 210 g/mol. The normalized spacial score (nSPS) is 11.4. The van der Waals surface area contributed by atoms with Gasteiger partial charge in [-0.05, 0) is 25.8 Å². The molecule has 0 aromatic heterocycles. The average molecular weight is 231 g/mol. The van der Waals surface area contributed by atoms with Gasteiger partial charge in [0, 0.05) is 19.2 Å². The van der Waals surface area contributed by atoms with Crippen LogP contribution in [0.5, 0.6) is 0 Å². The highest BCUT2D eigenvalue weighted by Gasteiger charge is 2.10. The maximum atomic E-state index is 12.0. The number of aryl methyl sites for hydroxylation is 1. The predicted molar refractivity (Wildman–Crippen MR) is 71.7 cm³/mol. The molecule has 0 spiro atoms. The summed E-state index contributed by atoms with van der Waals surface area (Å²) in [5, 5.41) is 0. The first kappa shape index (κ1) is 13.5. The molecule has 2 nitrogen and oxygen atoms in total.